The number of nitrogens with one attached hydrogen (secondary N) is 1. The Morgan fingerprint density at radius 2 is 2.25 bits per heavy atom. The zero-order valence-corrected chi connectivity index (χ0v) is 6.83. The van der Waals surface area contributed by atoms with E-state index in [0.717, 1.165) is 22.2 Å². The Kier molecular flexibility index (Phi) is 1.43. The summed E-state index contributed by atoms with van der Waals surface area (Å²) in [6, 6.07) is 3.82. The second-order valence-corrected chi connectivity index (χ2v) is 2.71. The van der Waals surface area contributed by atoms with Crippen LogP contribution in [0.3, 0.4) is 0 Å². The van der Waals surface area contributed by atoms with Crippen molar-refractivity contribution in [3.05, 3.63) is 22.7 Å². The summed E-state index contributed by atoms with van der Waals surface area (Å²) in [5, 5.41) is 4.84. The van der Waals surface area contributed by atoms with Crippen molar-refractivity contribution in [1.82, 2.24) is 4.98 Å². The first kappa shape index (κ1) is 7.03. The zero-order chi connectivity index (χ0) is 8.55. The Morgan fingerprint density at radius 3 is 3.08 bits per heavy atom. The van der Waals surface area contributed by atoms with E-state index in [9.17, 15) is 0 Å². The summed E-state index contributed by atoms with van der Waals surface area (Å²) in [7, 11) is 0. The van der Waals surface area contributed by atoms with Gasteiger partial charge in [-0.3, -0.25) is 0 Å². The third-order valence-corrected chi connectivity index (χ3v) is 1.68. The number of hydrogen-bond donors (Lipinski definition) is 1. The number of amidine groups is 1. The monoisotopic (exact) mass is 159 g/mol. The minimum atomic E-state index is 0.768. The van der Waals surface area contributed by atoms with E-state index in [1.54, 1.807) is 6.20 Å². The Labute approximate surface area is 70.2 Å². The summed E-state index contributed by atoms with van der Waals surface area (Å²) < 4.78 is 0. The lowest BCUT2D eigenvalue weighted by molar-refractivity contribution is 1.22. The second-order valence-electron chi connectivity index (χ2n) is 2.71. The molecule has 0 bridgehead atoms. The molecule has 1 N–H and O–H groups in total. The Bertz CT molecular complexity index is 445. The van der Waals surface area contributed by atoms with Crippen LogP contribution in [-0.2, 0) is 0 Å². The van der Waals surface area contributed by atoms with Crippen molar-refractivity contribution in [1.29, 1.82) is 0 Å². The summed E-state index contributed by atoms with van der Waals surface area (Å²) in [5.74, 6) is 1.70. The normalized spacial score (nSPS) is 13.9. The van der Waals surface area contributed by atoms with Crippen molar-refractivity contribution in [2.45, 2.75) is 6.92 Å². The molecule has 0 radical (unpaired) electrons. The van der Waals surface area contributed by atoms with Crippen molar-refractivity contribution in [3.8, 4) is 0 Å². The van der Waals surface area contributed by atoms with E-state index in [4.69, 9.17) is 0 Å². The van der Waals surface area contributed by atoms with Gasteiger partial charge in [0, 0.05) is 11.4 Å². The van der Waals surface area contributed by atoms with E-state index in [1.165, 1.54) is 0 Å². The lowest BCUT2D eigenvalue weighted by Crippen LogP contribution is -2.24. The Hall–Kier alpha value is -1.64. The summed E-state index contributed by atoms with van der Waals surface area (Å²) in [6.45, 7) is 5.65. The molecule has 0 spiro atoms. The predicted molar refractivity (Wildman–Crippen MR) is 50.2 cm³/mol. The van der Waals surface area contributed by atoms with Crippen molar-refractivity contribution in [3.63, 3.8) is 0 Å². The minimum Gasteiger partial charge on any atom is -0.328 e. The first-order valence-corrected chi connectivity index (χ1v) is 3.73. The van der Waals surface area contributed by atoms with Crippen molar-refractivity contribution < 1.29 is 0 Å². The molecule has 3 nitrogen and oxygen atoms in total. The lowest BCUT2D eigenvalue weighted by Gasteiger charge is -2.08. The average molecular weight is 159 g/mol. The molecule has 1 aromatic heterocycles. The van der Waals surface area contributed by atoms with Crippen LogP contribution in [0.4, 0.5) is 5.82 Å². The van der Waals surface area contributed by atoms with Crippen molar-refractivity contribution in [2.75, 3.05) is 5.32 Å². The molecule has 0 saturated carbocycles. The lowest BCUT2D eigenvalue weighted by atomic mass is 10.3. The third-order valence-electron chi connectivity index (χ3n) is 1.68. The highest BCUT2D eigenvalue weighted by molar-refractivity contribution is 5.95. The summed E-state index contributed by atoms with van der Waals surface area (Å²) in [6.07, 6.45) is 1.80. The van der Waals surface area contributed by atoms with Gasteiger partial charge in [-0.25, -0.2) is 9.98 Å². The largest absolute Gasteiger partial charge is 0.328 e. The average Bonchev–Trinajstić information content (AvgIpc) is 2.03. The van der Waals surface area contributed by atoms with E-state index in [1.807, 2.05) is 19.1 Å². The SMILES string of the molecule is C=c1ccc2c(n1)NC(C)=NC=2. The molecule has 0 aliphatic carbocycles. The van der Waals surface area contributed by atoms with E-state index >= 15 is 0 Å². The zero-order valence-electron chi connectivity index (χ0n) is 6.83. The summed E-state index contributed by atoms with van der Waals surface area (Å²) in [4.78, 5) is 8.35. The van der Waals surface area contributed by atoms with Gasteiger partial charge in [-0.2, -0.15) is 0 Å². The molecule has 0 saturated heterocycles. The number of hydrogen-bond acceptors (Lipinski definition) is 3. The molecule has 0 aromatic carbocycles. The fraction of sp³-hybridized carbons (Fsp3) is 0.111. The number of aliphatic imine (C=N–C) groups is 1. The highest BCUT2D eigenvalue weighted by Crippen LogP contribution is 1.96. The summed E-state index contributed by atoms with van der Waals surface area (Å²) >= 11 is 0. The topological polar surface area (TPSA) is 37.3 Å². The number of pyridine rings is 1. The van der Waals surface area contributed by atoms with E-state index in [2.05, 4.69) is 21.9 Å². The number of anilines is 1. The molecule has 12 heavy (non-hydrogen) atoms. The molecule has 0 amide bonds. The van der Waals surface area contributed by atoms with Crippen LogP contribution >= 0.6 is 0 Å². The van der Waals surface area contributed by atoms with Crippen LogP contribution in [-0.4, -0.2) is 10.8 Å². The van der Waals surface area contributed by atoms with E-state index < -0.39 is 0 Å². The first-order valence-electron chi connectivity index (χ1n) is 3.73. The van der Waals surface area contributed by atoms with Crippen LogP contribution in [0.25, 0.3) is 12.8 Å². The summed E-state index contributed by atoms with van der Waals surface area (Å²) in [5.41, 5.74) is 0. The van der Waals surface area contributed by atoms with Gasteiger partial charge in [0.25, 0.3) is 0 Å². The molecule has 0 unspecified atom stereocenters. The van der Waals surface area contributed by atoms with Gasteiger partial charge >= 0.3 is 0 Å². The molecule has 2 rings (SSSR count). The van der Waals surface area contributed by atoms with E-state index in [-0.39, 0.29) is 0 Å². The molecule has 3 heteroatoms. The Morgan fingerprint density at radius 1 is 1.42 bits per heavy atom. The highest BCUT2D eigenvalue weighted by Gasteiger charge is 2.01. The highest BCUT2D eigenvalue weighted by atomic mass is 15.1. The van der Waals surface area contributed by atoms with Crippen LogP contribution in [0.5, 0.6) is 0 Å². The third kappa shape index (κ3) is 1.09. The molecule has 2 heterocycles. The second kappa shape index (κ2) is 2.44. The van der Waals surface area contributed by atoms with Crippen LogP contribution in [0.2, 0.25) is 0 Å². The van der Waals surface area contributed by atoms with Gasteiger partial charge in [0.1, 0.15) is 11.7 Å². The molecule has 60 valence electrons. The number of rotatable bonds is 0. The van der Waals surface area contributed by atoms with Crippen LogP contribution in [0, 0.1) is 0 Å². The quantitative estimate of drug-likeness (QED) is 0.582. The van der Waals surface area contributed by atoms with Gasteiger partial charge in [-0.15, -0.1) is 0 Å². The maximum absolute atomic E-state index is 4.23. The number of fused-ring (bicyclic) bond motifs is 1. The van der Waals surface area contributed by atoms with Gasteiger partial charge < -0.3 is 5.32 Å². The fourth-order valence-electron chi connectivity index (χ4n) is 1.08. The minimum absolute atomic E-state index is 0.768. The van der Waals surface area contributed by atoms with Crippen LogP contribution in [0.1, 0.15) is 6.92 Å². The van der Waals surface area contributed by atoms with Gasteiger partial charge in [0.2, 0.25) is 0 Å². The molecule has 0 atom stereocenters. The molecule has 1 aliphatic rings. The molecule has 0 fully saturated rings. The van der Waals surface area contributed by atoms with Gasteiger partial charge in [-0.1, -0.05) is 6.58 Å². The first-order chi connectivity index (χ1) is 5.75. The predicted octanol–water partition coefficient (Wildman–Crippen LogP) is 0.0738. The van der Waals surface area contributed by atoms with Gasteiger partial charge in [0.05, 0.1) is 5.35 Å². The maximum Gasteiger partial charge on any atom is 0.140 e. The molecule has 1 aromatic rings. The fourth-order valence-corrected chi connectivity index (χ4v) is 1.08. The standard InChI is InChI=1S/C9H9N3/c1-6-3-4-8-5-10-7(2)12-9(8)11-6/h3-5H,1H2,2H3,(H,10,11,12). The molecule has 1 aliphatic heterocycles. The maximum atomic E-state index is 4.23. The van der Waals surface area contributed by atoms with Crippen LogP contribution < -0.4 is 15.9 Å². The van der Waals surface area contributed by atoms with E-state index in [0.29, 0.717) is 0 Å². The molecular weight excluding hydrogens is 150 g/mol. The van der Waals surface area contributed by atoms with Crippen LogP contribution in [0.15, 0.2) is 17.1 Å². The smallest absolute Gasteiger partial charge is 0.140 e. The van der Waals surface area contributed by atoms with Crippen molar-refractivity contribution >= 4 is 24.4 Å². The van der Waals surface area contributed by atoms with Crippen molar-refractivity contribution in [2.24, 2.45) is 4.99 Å². The number of nitrogens with zero attached hydrogens (tertiary/aromatic N) is 2. The van der Waals surface area contributed by atoms with Gasteiger partial charge in [-0.05, 0) is 19.1 Å². The Balaban J connectivity index is 2.69. The molecular formula is C9H9N3. The van der Waals surface area contributed by atoms with Gasteiger partial charge in [0.15, 0.2) is 0 Å². The number of aromatic nitrogens is 1.